The zero-order valence-electron chi connectivity index (χ0n) is 12.4. The Bertz CT molecular complexity index is 577. The molecule has 1 aliphatic heterocycles. The fourth-order valence-corrected chi connectivity index (χ4v) is 2.63. The van der Waals surface area contributed by atoms with Crippen LogP contribution in [0.15, 0.2) is 48.5 Å². The Hall–Kier alpha value is -1.71. The number of hydrogen-bond donors (Lipinski definition) is 1. The highest BCUT2D eigenvalue weighted by Crippen LogP contribution is 2.25. The number of piperidine rings is 1. The van der Waals surface area contributed by atoms with Crippen LogP contribution in [0.2, 0.25) is 5.02 Å². The summed E-state index contributed by atoms with van der Waals surface area (Å²) in [6.07, 6.45) is 3.75. The van der Waals surface area contributed by atoms with Gasteiger partial charge in [0.2, 0.25) is 0 Å². The van der Waals surface area contributed by atoms with Gasteiger partial charge in [0.25, 0.3) is 0 Å². The summed E-state index contributed by atoms with van der Waals surface area (Å²) in [7, 11) is 0. The predicted octanol–water partition coefficient (Wildman–Crippen LogP) is 4.65. The topological polar surface area (TPSA) is 30.5 Å². The summed E-state index contributed by atoms with van der Waals surface area (Å²) in [4.78, 5) is 0. The second kappa shape index (κ2) is 7.52. The van der Waals surface area contributed by atoms with Gasteiger partial charge >= 0.3 is 0 Å². The fourth-order valence-electron chi connectivity index (χ4n) is 2.51. The zero-order chi connectivity index (χ0) is 15.2. The maximum absolute atomic E-state index is 5.86. The van der Waals surface area contributed by atoms with E-state index < -0.39 is 0 Å². The molecule has 1 unspecified atom stereocenters. The highest BCUT2D eigenvalue weighted by Gasteiger charge is 2.12. The number of ether oxygens (including phenoxy) is 2. The summed E-state index contributed by atoms with van der Waals surface area (Å²) in [6.45, 7) is 1.82. The SMILES string of the molecule is Clc1ccc(Oc2ccc(OCC3CCCCN3)cc2)cc1. The maximum Gasteiger partial charge on any atom is 0.127 e. The molecule has 3 nitrogen and oxygen atoms in total. The minimum Gasteiger partial charge on any atom is -0.492 e. The highest BCUT2D eigenvalue weighted by molar-refractivity contribution is 6.30. The normalized spacial score (nSPS) is 18.0. The van der Waals surface area contributed by atoms with E-state index in [9.17, 15) is 0 Å². The van der Waals surface area contributed by atoms with Crippen LogP contribution < -0.4 is 14.8 Å². The van der Waals surface area contributed by atoms with Gasteiger partial charge < -0.3 is 14.8 Å². The van der Waals surface area contributed by atoms with Crippen LogP contribution in [-0.4, -0.2) is 19.2 Å². The van der Waals surface area contributed by atoms with Crippen LogP contribution in [0, 0.1) is 0 Å². The molecule has 22 heavy (non-hydrogen) atoms. The molecule has 0 radical (unpaired) electrons. The number of halogens is 1. The Labute approximate surface area is 136 Å². The van der Waals surface area contributed by atoms with E-state index >= 15 is 0 Å². The first-order valence-electron chi connectivity index (χ1n) is 7.69. The van der Waals surface area contributed by atoms with Crippen LogP contribution in [0.5, 0.6) is 17.2 Å². The van der Waals surface area contributed by atoms with E-state index in [1.165, 1.54) is 19.3 Å². The third-order valence-electron chi connectivity index (χ3n) is 3.74. The first kappa shape index (κ1) is 15.2. The van der Waals surface area contributed by atoms with Crippen molar-refractivity contribution in [3.63, 3.8) is 0 Å². The van der Waals surface area contributed by atoms with Crippen molar-refractivity contribution in [3.05, 3.63) is 53.6 Å². The average molecular weight is 318 g/mol. The van der Waals surface area contributed by atoms with Crippen LogP contribution in [0.3, 0.4) is 0 Å². The van der Waals surface area contributed by atoms with E-state index in [-0.39, 0.29) is 0 Å². The average Bonchev–Trinajstić information content (AvgIpc) is 2.57. The quantitative estimate of drug-likeness (QED) is 0.870. The second-order valence-corrected chi connectivity index (χ2v) is 5.92. The Morgan fingerprint density at radius 1 is 0.909 bits per heavy atom. The summed E-state index contributed by atoms with van der Waals surface area (Å²) in [5, 5.41) is 4.18. The van der Waals surface area contributed by atoms with Crippen LogP contribution in [-0.2, 0) is 0 Å². The van der Waals surface area contributed by atoms with Gasteiger partial charge in [-0.25, -0.2) is 0 Å². The largest absolute Gasteiger partial charge is 0.492 e. The van der Waals surface area contributed by atoms with Gasteiger partial charge in [-0.3, -0.25) is 0 Å². The Balaban J connectivity index is 1.52. The molecule has 2 aromatic carbocycles. The highest BCUT2D eigenvalue weighted by atomic mass is 35.5. The van der Waals surface area contributed by atoms with Crippen LogP contribution in [0.1, 0.15) is 19.3 Å². The fraction of sp³-hybridized carbons (Fsp3) is 0.333. The second-order valence-electron chi connectivity index (χ2n) is 5.49. The molecule has 2 aromatic rings. The molecule has 3 rings (SSSR count). The van der Waals surface area contributed by atoms with Crippen molar-refractivity contribution in [1.29, 1.82) is 0 Å². The van der Waals surface area contributed by atoms with E-state index in [1.807, 2.05) is 48.5 Å². The van der Waals surface area contributed by atoms with Gasteiger partial charge in [-0.2, -0.15) is 0 Å². The molecule has 1 atom stereocenters. The number of benzene rings is 2. The molecule has 0 aromatic heterocycles. The molecule has 1 heterocycles. The molecule has 1 aliphatic rings. The van der Waals surface area contributed by atoms with Crippen molar-refractivity contribution >= 4 is 11.6 Å². The summed E-state index contributed by atoms with van der Waals surface area (Å²) >= 11 is 5.86. The minimum absolute atomic E-state index is 0.471. The maximum atomic E-state index is 5.86. The summed E-state index contributed by atoms with van der Waals surface area (Å²) < 4.78 is 11.6. The lowest BCUT2D eigenvalue weighted by molar-refractivity contribution is 0.239. The standard InChI is InChI=1S/C18H20ClNO2/c19-14-4-6-17(7-5-14)22-18-10-8-16(9-11-18)21-13-15-3-1-2-12-20-15/h4-11,15,20H,1-3,12-13H2. The first-order chi connectivity index (χ1) is 10.8. The van der Waals surface area contributed by atoms with E-state index in [2.05, 4.69) is 5.32 Å². The van der Waals surface area contributed by atoms with Gasteiger partial charge in [0.05, 0.1) is 0 Å². The Morgan fingerprint density at radius 3 is 2.18 bits per heavy atom. The van der Waals surface area contributed by atoms with Crippen molar-refractivity contribution in [2.75, 3.05) is 13.2 Å². The van der Waals surface area contributed by atoms with Gasteiger partial charge in [-0.05, 0) is 67.9 Å². The van der Waals surface area contributed by atoms with Crippen molar-refractivity contribution < 1.29 is 9.47 Å². The molecular weight excluding hydrogens is 298 g/mol. The van der Waals surface area contributed by atoms with E-state index in [4.69, 9.17) is 21.1 Å². The van der Waals surface area contributed by atoms with Crippen molar-refractivity contribution in [3.8, 4) is 17.2 Å². The van der Waals surface area contributed by atoms with Crippen molar-refractivity contribution in [1.82, 2.24) is 5.32 Å². The lowest BCUT2D eigenvalue weighted by Crippen LogP contribution is -2.38. The van der Waals surface area contributed by atoms with Gasteiger partial charge in [-0.1, -0.05) is 18.0 Å². The molecule has 4 heteroatoms. The zero-order valence-corrected chi connectivity index (χ0v) is 13.2. The molecule has 1 saturated heterocycles. The summed E-state index contributed by atoms with van der Waals surface area (Å²) in [5.74, 6) is 2.42. The van der Waals surface area contributed by atoms with Gasteiger partial charge in [0.1, 0.15) is 23.9 Å². The number of nitrogens with one attached hydrogen (secondary N) is 1. The lowest BCUT2D eigenvalue weighted by Gasteiger charge is -2.23. The molecule has 0 spiro atoms. The molecule has 116 valence electrons. The third-order valence-corrected chi connectivity index (χ3v) is 3.99. The lowest BCUT2D eigenvalue weighted by atomic mass is 10.1. The number of rotatable bonds is 5. The van der Waals surface area contributed by atoms with Crippen molar-refractivity contribution in [2.24, 2.45) is 0 Å². The minimum atomic E-state index is 0.471. The molecule has 0 aliphatic carbocycles. The molecule has 0 bridgehead atoms. The molecule has 1 N–H and O–H groups in total. The Morgan fingerprint density at radius 2 is 1.55 bits per heavy atom. The molecule has 0 amide bonds. The molecular formula is C18H20ClNO2. The van der Waals surface area contributed by atoms with Gasteiger partial charge in [0, 0.05) is 11.1 Å². The summed E-state index contributed by atoms with van der Waals surface area (Å²) in [5.41, 5.74) is 0. The predicted molar refractivity (Wildman–Crippen MR) is 89.1 cm³/mol. The van der Waals surface area contributed by atoms with Crippen LogP contribution >= 0.6 is 11.6 Å². The van der Waals surface area contributed by atoms with Gasteiger partial charge in [0.15, 0.2) is 0 Å². The molecule has 0 saturated carbocycles. The van der Waals surface area contributed by atoms with Crippen LogP contribution in [0.25, 0.3) is 0 Å². The van der Waals surface area contributed by atoms with E-state index in [0.717, 1.165) is 30.4 Å². The number of hydrogen-bond acceptors (Lipinski definition) is 3. The van der Waals surface area contributed by atoms with E-state index in [1.54, 1.807) is 0 Å². The smallest absolute Gasteiger partial charge is 0.127 e. The third kappa shape index (κ3) is 4.39. The summed E-state index contributed by atoms with van der Waals surface area (Å²) in [6, 6.07) is 15.5. The molecule has 1 fully saturated rings. The Kier molecular flexibility index (Phi) is 5.20. The van der Waals surface area contributed by atoms with Gasteiger partial charge in [-0.15, -0.1) is 0 Å². The first-order valence-corrected chi connectivity index (χ1v) is 8.07. The van der Waals surface area contributed by atoms with Crippen molar-refractivity contribution in [2.45, 2.75) is 25.3 Å². The monoisotopic (exact) mass is 317 g/mol. The van der Waals surface area contributed by atoms with E-state index in [0.29, 0.717) is 11.1 Å². The van der Waals surface area contributed by atoms with Crippen LogP contribution in [0.4, 0.5) is 0 Å².